The van der Waals surface area contributed by atoms with E-state index in [2.05, 4.69) is 51.8 Å². The summed E-state index contributed by atoms with van der Waals surface area (Å²) in [6.45, 7) is 12.4. The Bertz CT molecular complexity index is 1040. The quantitative estimate of drug-likeness (QED) is 0.677. The number of aromatic nitrogens is 3. The Balaban J connectivity index is 1.63. The average molecular weight is 380 g/mol. The third-order valence-electron chi connectivity index (χ3n) is 4.88. The maximum Gasteiger partial charge on any atom is 0.273 e. The van der Waals surface area contributed by atoms with E-state index in [1.807, 2.05) is 28.9 Å². The van der Waals surface area contributed by atoms with Gasteiger partial charge in [-0.1, -0.05) is 20.8 Å². The number of rotatable bonds is 3. The van der Waals surface area contributed by atoms with Crippen molar-refractivity contribution in [1.29, 1.82) is 0 Å². The molecule has 0 spiro atoms. The number of fused-ring (bicyclic) bond motifs is 1. The molecule has 1 N–H and O–H groups in total. The van der Waals surface area contributed by atoms with Crippen LogP contribution in [0.4, 0.5) is 5.69 Å². The lowest BCUT2D eigenvalue weighted by Crippen LogP contribution is -2.29. The standard InChI is InChI=1S/C22H28N4O2/c1-21(2,3)20-24-16-11-14(9-10-18(16)28-20)23-19(27)17-12-15(13-7-8-13)25-26(17)22(4,5)6/h9-13H,7-8H2,1-6H3,(H,23,27). The third kappa shape index (κ3) is 3.55. The van der Waals surface area contributed by atoms with E-state index in [1.165, 1.54) is 0 Å². The summed E-state index contributed by atoms with van der Waals surface area (Å²) in [5.74, 6) is 1.02. The van der Waals surface area contributed by atoms with E-state index < -0.39 is 0 Å². The normalized spacial score (nSPS) is 15.2. The van der Waals surface area contributed by atoms with Crippen LogP contribution in [0.15, 0.2) is 28.7 Å². The Morgan fingerprint density at radius 1 is 1.14 bits per heavy atom. The molecule has 3 aromatic rings. The fourth-order valence-electron chi connectivity index (χ4n) is 3.17. The highest BCUT2D eigenvalue weighted by molar-refractivity contribution is 6.04. The second kappa shape index (κ2) is 6.19. The molecule has 1 aliphatic carbocycles. The summed E-state index contributed by atoms with van der Waals surface area (Å²) in [6, 6.07) is 7.48. The molecule has 0 radical (unpaired) electrons. The lowest BCUT2D eigenvalue weighted by molar-refractivity contribution is 0.100. The number of anilines is 1. The second-order valence-corrected chi connectivity index (χ2v) is 9.72. The molecule has 6 nitrogen and oxygen atoms in total. The first-order valence-electron chi connectivity index (χ1n) is 9.85. The van der Waals surface area contributed by atoms with Gasteiger partial charge in [0.2, 0.25) is 5.89 Å². The van der Waals surface area contributed by atoms with Gasteiger partial charge >= 0.3 is 0 Å². The summed E-state index contributed by atoms with van der Waals surface area (Å²) in [4.78, 5) is 17.6. The molecule has 148 valence electrons. The van der Waals surface area contributed by atoms with Crippen LogP contribution in [-0.2, 0) is 11.0 Å². The molecule has 1 amide bonds. The van der Waals surface area contributed by atoms with Gasteiger partial charge in [0.1, 0.15) is 11.2 Å². The zero-order valence-corrected chi connectivity index (χ0v) is 17.5. The Labute approximate surface area is 165 Å². The summed E-state index contributed by atoms with van der Waals surface area (Å²) in [5.41, 5.74) is 3.33. The monoisotopic (exact) mass is 380 g/mol. The highest BCUT2D eigenvalue weighted by Crippen LogP contribution is 2.40. The zero-order chi connectivity index (χ0) is 20.3. The van der Waals surface area contributed by atoms with Crippen LogP contribution in [0, 0.1) is 0 Å². The maximum atomic E-state index is 13.0. The van der Waals surface area contributed by atoms with Gasteiger partial charge < -0.3 is 9.73 Å². The van der Waals surface area contributed by atoms with Crippen molar-refractivity contribution in [3.63, 3.8) is 0 Å². The number of carbonyl (C=O) groups is 1. The van der Waals surface area contributed by atoms with Gasteiger partial charge in [0.15, 0.2) is 5.58 Å². The highest BCUT2D eigenvalue weighted by atomic mass is 16.3. The summed E-state index contributed by atoms with van der Waals surface area (Å²) >= 11 is 0. The maximum absolute atomic E-state index is 13.0. The molecule has 1 fully saturated rings. The molecule has 0 bridgehead atoms. The van der Waals surface area contributed by atoms with E-state index >= 15 is 0 Å². The van der Waals surface area contributed by atoms with E-state index in [0.29, 0.717) is 23.2 Å². The predicted octanol–water partition coefficient (Wildman–Crippen LogP) is 5.21. The van der Waals surface area contributed by atoms with Gasteiger partial charge in [0, 0.05) is 17.0 Å². The van der Waals surface area contributed by atoms with E-state index in [4.69, 9.17) is 9.52 Å². The summed E-state index contributed by atoms with van der Waals surface area (Å²) in [5, 5.41) is 7.72. The zero-order valence-electron chi connectivity index (χ0n) is 17.5. The topological polar surface area (TPSA) is 73.0 Å². The van der Waals surface area contributed by atoms with Crippen LogP contribution in [-0.4, -0.2) is 20.7 Å². The van der Waals surface area contributed by atoms with Crippen molar-refractivity contribution in [2.75, 3.05) is 5.32 Å². The van der Waals surface area contributed by atoms with Crippen molar-refractivity contribution < 1.29 is 9.21 Å². The predicted molar refractivity (Wildman–Crippen MR) is 110 cm³/mol. The molecule has 6 heteroatoms. The van der Waals surface area contributed by atoms with Crippen LogP contribution in [0.3, 0.4) is 0 Å². The van der Waals surface area contributed by atoms with Crippen LogP contribution in [0.1, 0.15) is 82.4 Å². The molecular formula is C22H28N4O2. The molecule has 28 heavy (non-hydrogen) atoms. The summed E-state index contributed by atoms with van der Waals surface area (Å²) < 4.78 is 7.68. The van der Waals surface area contributed by atoms with Gasteiger partial charge in [-0.2, -0.15) is 5.10 Å². The molecule has 4 rings (SSSR count). The van der Waals surface area contributed by atoms with Crippen LogP contribution < -0.4 is 5.32 Å². The molecule has 0 atom stereocenters. The minimum absolute atomic E-state index is 0.159. The number of nitrogens with one attached hydrogen (secondary N) is 1. The Morgan fingerprint density at radius 2 is 1.86 bits per heavy atom. The lowest BCUT2D eigenvalue weighted by Gasteiger charge is -2.22. The van der Waals surface area contributed by atoms with Gasteiger partial charge in [0.05, 0.1) is 11.2 Å². The van der Waals surface area contributed by atoms with Gasteiger partial charge in [-0.15, -0.1) is 0 Å². The number of oxazole rings is 1. The van der Waals surface area contributed by atoms with E-state index in [1.54, 1.807) is 0 Å². The van der Waals surface area contributed by atoms with Crippen molar-refractivity contribution >= 4 is 22.7 Å². The molecule has 1 saturated carbocycles. The largest absolute Gasteiger partial charge is 0.440 e. The number of amides is 1. The average Bonchev–Trinajstić information content (AvgIpc) is 3.17. The van der Waals surface area contributed by atoms with Crippen LogP contribution >= 0.6 is 0 Å². The number of benzene rings is 1. The molecule has 0 unspecified atom stereocenters. The van der Waals surface area contributed by atoms with Gasteiger partial charge in [0.25, 0.3) is 5.91 Å². The minimum Gasteiger partial charge on any atom is -0.440 e. The van der Waals surface area contributed by atoms with Crippen molar-refractivity contribution in [2.45, 2.75) is 71.3 Å². The van der Waals surface area contributed by atoms with E-state index in [-0.39, 0.29) is 16.9 Å². The van der Waals surface area contributed by atoms with Crippen molar-refractivity contribution in [1.82, 2.24) is 14.8 Å². The first kappa shape index (κ1) is 18.7. The van der Waals surface area contributed by atoms with Crippen LogP contribution in [0.5, 0.6) is 0 Å². The number of carbonyl (C=O) groups excluding carboxylic acids is 1. The molecular weight excluding hydrogens is 352 g/mol. The molecule has 1 aliphatic rings. The number of hydrogen-bond donors (Lipinski definition) is 1. The van der Waals surface area contributed by atoms with Crippen molar-refractivity contribution in [3.8, 4) is 0 Å². The van der Waals surface area contributed by atoms with Crippen LogP contribution in [0.25, 0.3) is 11.1 Å². The smallest absolute Gasteiger partial charge is 0.273 e. The second-order valence-electron chi connectivity index (χ2n) is 9.72. The molecule has 0 saturated heterocycles. The van der Waals surface area contributed by atoms with Crippen molar-refractivity contribution in [3.05, 3.63) is 41.5 Å². The number of nitrogens with zero attached hydrogens (tertiary/aromatic N) is 3. The minimum atomic E-state index is -0.266. The van der Waals surface area contributed by atoms with Gasteiger partial charge in [-0.05, 0) is 57.9 Å². The molecule has 0 aliphatic heterocycles. The fraction of sp³-hybridized carbons (Fsp3) is 0.500. The van der Waals surface area contributed by atoms with Gasteiger partial charge in [-0.25, -0.2) is 4.98 Å². The lowest BCUT2D eigenvalue weighted by atomic mass is 9.97. The first-order valence-corrected chi connectivity index (χ1v) is 9.85. The van der Waals surface area contributed by atoms with E-state index in [9.17, 15) is 4.79 Å². The van der Waals surface area contributed by atoms with Gasteiger partial charge in [-0.3, -0.25) is 9.48 Å². The molecule has 2 aromatic heterocycles. The Kier molecular flexibility index (Phi) is 4.14. The van der Waals surface area contributed by atoms with E-state index in [0.717, 1.165) is 29.6 Å². The molecule has 2 heterocycles. The fourth-order valence-corrected chi connectivity index (χ4v) is 3.17. The Hall–Kier alpha value is -2.63. The Morgan fingerprint density at radius 3 is 2.46 bits per heavy atom. The van der Waals surface area contributed by atoms with Crippen molar-refractivity contribution in [2.24, 2.45) is 0 Å². The SMILES string of the molecule is CC(C)(C)c1nc2cc(NC(=O)c3cc(C4CC4)nn3C(C)(C)C)ccc2o1. The first-order chi connectivity index (χ1) is 13.0. The molecule has 1 aromatic carbocycles. The number of hydrogen-bond acceptors (Lipinski definition) is 4. The summed E-state index contributed by atoms with van der Waals surface area (Å²) in [7, 11) is 0. The van der Waals surface area contributed by atoms with Crippen LogP contribution in [0.2, 0.25) is 0 Å². The summed E-state index contributed by atoms with van der Waals surface area (Å²) in [6.07, 6.45) is 2.31. The highest BCUT2D eigenvalue weighted by Gasteiger charge is 2.31. The third-order valence-corrected chi connectivity index (χ3v) is 4.88.